The molecule has 168 valence electrons. The molecule has 1 heterocycles. The third-order valence-corrected chi connectivity index (χ3v) is 4.91. The summed E-state index contributed by atoms with van der Waals surface area (Å²) in [5.74, 6) is -3.91. The fraction of sp³-hybridized carbons (Fsp3) is 0.450. The molecule has 1 aliphatic heterocycles. The van der Waals surface area contributed by atoms with Crippen molar-refractivity contribution in [3.05, 3.63) is 35.9 Å². The summed E-state index contributed by atoms with van der Waals surface area (Å²) in [7, 11) is 0. The number of benzene rings is 1. The average molecular weight is 433 g/mol. The number of hydrogen-bond acceptors (Lipinski definition) is 6. The highest BCUT2D eigenvalue weighted by molar-refractivity contribution is 5.96. The van der Waals surface area contributed by atoms with Gasteiger partial charge < -0.3 is 32.1 Å². The van der Waals surface area contributed by atoms with E-state index in [4.69, 9.17) is 16.6 Å². The summed E-state index contributed by atoms with van der Waals surface area (Å²) in [6.45, 7) is -0.349. The monoisotopic (exact) mass is 433 g/mol. The molecule has 2 rings (SSSR count). The van der Waals surface area contributed by atoms with E-state index in [1.165, 1.54) is 4.90 Å². The Morgan fingerprint density at radius 3 is 2.45 bits per heavy atom. The fourth-order valence-electron chi connectivity index (χ4n) is 3.42. The van der Waals surface area contributed by atoms with Crippen LogP contribution in [0.25, 0.3) is 0 Å². The van der Waals surface area contributed by atoms with E-state index in [1.54, 1.807) is 0 Å². The maximum atomic E-state index is 13.0. The molecular weight excluding hydrogens is 406 g/mol. The van der Waals surface area contributed by atoms with Gasteiger partial charge in [0.1, 0.15) is 18.6 Å². The van der Waals surface area contributed by atoms with Crippen LogP contribution in [0.15, 0.2) is 30.3 Å². The minimum Gasteiger partial charge on any atom is -0.480 e. The minimum atomic E-state index is -1.28. The fourth-order valence-corrected chi connectivity index (χ4v) is 3.42. The number of nitrogens with zero attached hydrogens (tertiary/aromatic N) is 1. The van der Waals surface area contributed by atoms with Crippen molar-refractivity contribution in [1.82, 2.24) is 15.5 Å². The average Bonchev–Trinajstić information content (AvgIpc) is 3.21. The van der Waals surface area contributed by atoms with Gasteiger partial charge in [-0.15, -0.1) is 0 Å². The van der Waals surface area contributed by atoms with Gasteiger partial charge in [0.2, 0.25) is 23.6 Å². The van der Waals surface area contributed by atoms with Crippen molar-refractivity contribution >= 4 is 29.6 Å². The number of carbonyl (C=O) groups excluding carboxylic acids is 4. The molecule has 7 N–H and O–H groups in total. The Morgan fingerprint density at radius 1 is 1.16 bits per heavy atom. The molecule has 0 aromatic heterocycles. The number of hydrogen-bond donors (Lipinski definition) is 5. The Bertz CT molecular complexity index is 831. The molecule has 1 aromatic carbocycles. The lowest BCUT2D eigenvalue weighted by Gasteiger charge is -2.28. The molecule has 4 amide bonds. The van der Waals surface area contributed by atoms with Crippen LogP contribution in [0.4, 0.5) is 0 Å². The highest BCUT2D eigenvalue weighted by Crippen LogP contribution is 2.19. The van der Waals surface area contributed by atoms with Gasteiger partial charge >= 0.3 is 5.97 Å². The summed E-state index contributed by atoms with van der Waals surface area (Å²) < 4.78 is 0. The predicted molar refractivity (Wildman–Crippen MR) is 109 cm³/mol. The number of likely N-dealkylation sites (tertiary alicyclic amines) is 1. The summed E-state index contributed by atoms with van der Waals surface area (Å²) >= 11 is 0. The molecule has 11 heteroatoms. The second-order valence-electron chi connectivity index (χ2n) is 7.33. The molecule has 0 spiro atoms. The number of carbonyl (C=O) groups is 5. The third-order valence-electron chi connectivity index (χ3n) is 4.91. The van der Waals surface area contributed by atoms with Gasteiger partial charge in [-0.3, -0.25) is 24.0 Å². The number of primary amides is 1. The van der Waals surface area contributed by atoms with Crippen LogP contribution in [0.2, 0.25) is 0 Å². The van der Waals surface area contributed by atoms with Crippen LogP contribution in [0.3, 0.4) is 0 Å². The Labute approximate surface area is 179 Å². The zero-order chi connectivity index (χ0) is 23.0. The smallest absolute Gasteiger partial charge is 0.322 e. The molecule has 3 unspecified atom stereocenters. The van der Waals surface area contributed by atoms with Crippen molar-refractivity contribution in [3.8, 4) is 0 Å². The van der Waals surface area contributed by atoms with Crippen molar-refractivity contribution in [3.63, 3.8) is 0 Å². The topological polar surface area (TPSA) is 185 Å². The number of carboxylic acid groups (broad SMARTS) is 1. The standard InChI is InChI=1S/C20H27N5O6/c21-13(9-12-5-2-1-3-6-12)18(29)24-14(10-16(22)26)20(31)25-8-4-7-15(25)19(30)23-11-17(27)28/h1-3,5-6,13-15H,4,7-11,21H2,(H2,22,26)(H,23,30)(H,24,29)(H,27,28). The van der Waals surface area contributed by atoms with Crippen molar-refractivity contribution in [2.75, 3.05) is 13.1 Å². The summed E-state index contributed by atoms with van der Waals surface area (Å²) in [5.41, 5.74) is 12.0. The van der Waals surface area contributed by atoms with Crippen molar-refractivity contribution in [2.45, 2.75) is 43.8 Å². The van der Waals surface area contributed by atoms with E-state index in [0.717, 1.165) is 5.56 Å². The molecule has 0 bridgehead atoms. The Hall–Kier alpha value is -3.47. The van der Waals surface area contributed by atoms with Gasteiger partial charge in [0, 0.05) is 6.54 Å². The third kappa shape index (κ3) is 7.07. The van der Waals surface area contributed by atoms with E-state index in [-0.39, 0.29) is 13.0 Å². The van der Waals surface area contributed by atoms with Gasteiger partial charge in [0.15, 0.2) is 0 Å². The normalized spacial score (nSPS) is 17.5. The quantitative estimate of drug-likeness (QED) is 0.285. The number of carboxylic acids is 1. The maximum Gasteiger partial charge on any atom is 0.322 e. The van der Waals surface area contributed by atoms with Gasteiger partial charge in [0.25, 0.3) is 0 Å². The van der Waals surface area contributed by atoms with Crippen molar-refractivity contribution in [1.29, 1.82) is 0 Å². The van der Waals surface area contributed by atoms with Gasteiger partial charge in [0.05, 0.1) is 12.5 Å². The van der Waals surface area contributed by atoms with Crippen LogP contribution >= 0.6 is 0 Å². The molecular formula is C20H27N5O6. The van der Waals surface area contributed by atoms with Crippen LogP contribution in [0.1, 0.15) is 24.8 Å². The Balaban J connectivity index is 2.06. The summed E-state index contributed by atoms with van der Waals surface area (Å²) in [6, 6.07) is 5.93. The largest absolute Gasteiger partial charge is 0.480 e. The van der Waals surface area contributed by atoms with Gasteiger partial charge in [-0.25, -0.2) is 0 Å². The zero-order valence-corrected chi connectivity index (χ0v) is 17.0. The first-order valence-electron chi connectivity index (χ1n) is 9.87. The number of nitrogens with two attached hydrogens (primary N) is 2. The first-order chi connectivity index (χ1) is 14.7. The lowest BCUT2D eigenvalue weighted by atomic mass is 10.0. The molecule has 0 aliphatic carbocycles. The number of rotatable bonds is 10. The predicted octanol–water partition coefficient (Wildman–Crippen LogP) is -1.89. The summed E-state index contributed by atoms with van der Waals surface area (Å²) in [4.78, 5) is 61.2. The first kappa shape index (κ1) is 23.8. The number of amides is 4. The lowest BCUT2D eigenvalue weighted by molar-refractivity contribution is -0.143. The summed E-state index contributed by atoms with van der Waals surface area (Å²) in [6.07, 6.45) is 0.625. The van der Waals surface area contributed by atoms with Gasteiger partial charge in [-0.05, 0) is 24.8 Å². The second kappa shape index (κ2) is 11.1. The highest BCUT2D eigenvalue weighted by atomic mass is 16.4. The SMILES string of the molecule is NC(=O)CC(NC(=O)C(N)Cc1ccccc1)C(=O)N1CCCC1C(=O)NCC(=O)O. The molecule has 0 radical (unpaired) electrons. The van der Waals surface area contributed by atoms with E-state index in [9.17, 15) is 24.0 Å². The second-order valence-corrected chi connectivity index (χ2v) is 7.33. The number of nitrogens with one attached hydrogen (secondary N) is 2. The lowest BCUT2D eigenvalue weighted by Crippen LogP contribution is -2.56. The first-order valence-corrected chi connectivity index (χ1v) is 9.87. The Kier molecular flexibility index (Phi) is 8.50. The Morgan fingerprint density at radius 2 is 1.84 bits per heavy atom. The van der Waals surface area contributed by atoms with Crippen LogP contribution in [0, 0.1) is 0 Å². The molecule has 0 saturated carbocycles. The van der Waals surface area contributed by atoms with Crippen LogP contribution in [0.5, 0.6) is 0 Å². The van der Waals surface area contributed by atoms with E-state index < -0.39 is 60.7 Å². The molecule has 31 heavy (non-hydrogen) atoms. The van der Waals surface area contributed by atoms with Crippen LogP contribution in [-0.4, -0.2) is 70.8 Å². The molecule has 1 aromatic rings. The maximum absolute atomic E-state index is 13.0. The van der Waals surface area contributed by atoms with Gasteiger partial charge in [-0.2, -0.15) is 0 Å². The van der Waals surface area contributed by atoms with Crippen LogP contribution < -0.4 is 22.1 Å². The summed E-state index contributed by atoms with van der Waals surface area (Å²) in [5, 5.41) is 13.4. The molecule has 1 aliphatic rings. The van der Waals surface area contributed by atoms with E-state index in [0.29, 0.717) is 12.8 Å². The van der Waals surface area contributed by atoms with E-state index in [1.807, 2.05) is 30.3 Å². The molecule has 1 fully saturated rings. The van der Waals surface area contributed by atoms with Crippen molar-refractivity contribution in [2.24, 2.45) is 11.5 Å². The van der Waals surface area contributed by atoms with Crippen LogP contribution in [-0.2, 0) is 30.4 Å². The van der Waals surface area contributed by atoms with E-state index in [2.05, 4.69) is 10.6 Å². The molecule has 1 saturated heterocycles. The van der Waals surface area contributed by atoms with Crippen molar-refractivity contribution < 1.29 is 29.1 Å². The molecule has 11 nitrogen and oxygen atoms in total. The highest BCUT2D eigenvalue weighted by Gasteiger charge is 2.38. The van der Waals surface area contributed by atoms with E-state index >= 15 is 0 Å². The van der Waals surface area contributed by atoms with Gasteiger partial charge in [-0.1, -0.05) is 30.3 Å². The number of aliphatic carboxylic acids is 1. The molecule has 3 atom stereocenters. The zero-order valence-electron chi connectivity index (χ0n) is 17.0. The minimum absolute atomic E-state index is 0.227.